The predicted octanol–water partition coefficient (Wildman–Crippen LogP) is 0.967. The highest BCUT2D eigenvalue weighted by atomic mass is 16.6. The minimum Gasteiger partial charge on any atom is -0.394 e. The highest BCUT2D eigenvalue weighted by molar-refractivity contribution is 5.61. The molecule has 0 saturated carbocycles. The Kier molecular flexibility index (Phi) is 5.66. The molecule has 4 N–H and O–H groups in total. The van der Waals surface area contributed by atoms with Gasteiger partial charge in [-0.2, -0.15) is 0 Å². The van der Waals surface area contributed by atoms with Gasteiger partial charge in [-0.05, 0) is 19.4 Å². The zero-order valence-electron chi connectivity index (χ0n) is 11.6. The molecule has 8 heteroatoms. The van der Waals surface area contributed by atoms with Crippen LogP contribution >= 0.6 is 0 Å². The number of nitrogens with zero attached hydrogens (tertiary/aromatic N) is 2. The van der Waals surface area contributed by atoms with Crippen molar-refractivity contribution in [3.05, 3.63) is 22.2 Å². The number of nitrogens with one attached hydrogen (secondary N) is 2. The smallest absolute Gasteiger partial charge is 0.311 e. The molecule has 1 aromatic rings. The van der Waals surface area contributed by atoms with Gasteiger partial charge in [0.05, 0.1) is 23.7 Å². The van der Waals surface area contributed by atoms with Gasteiger partial charge >= 0.3 is 5.69 Å². The average molecular weight is 284 g/mol. The Hall–Kier alpha value is -1.93. The fourth-order valence-corrected chi connectivity index (χ4v) is 1.46. The normalized spacial score (nSPS) is 11.2. The van der Waals surface area contributed by atoms with Crippen LogP contribution in [0.2, 0.25) is 0 Å². The van der Waals surface area contributed by atoms with E-state index in [0.717, 1.165) is 6.42 Å². The van der Waals surface area contributed by atoms with Gasteiger partial charge in [0.1, 0.15) is 5.82 Å². The molecule has 0 aromatic carbocycles. The Morgan fingerprint density at radius 1 is 1.40 bits per heavy atom. The molecule has 0 atom stereocenters. The van der Waals surface area contributed by atoms with Gasteiger partial charge in [-0.3, -0.25) is 10.1 Å². The van der Waals surface area contributed by atoms with E-state index in [1.54, 1.807) is 6.92 Å². The Morgan fingerprint density at radius 3 is 2.55 bits per heavy atom. The molecule has 8 nitrogen and oxygen atoms in total. The van der Waals surface area contributed by atoms with Crippen LogP contribution in [0.3, 0.4) is 0 Å². The summed E-state index contributed by atoms with van der Waals surface area (Å²) < 4.78 is 0. The Morgan fingerprint density at radius 2 is 2.05 bits per heavy atom. The summed E-state index contributed by atoms with van der Waals surface area (Å²) in [5.74, 6) is 0.514. The molecular weight excluding hydrogens is 264 g/mol. The van der Waals surface area contributed by atoms with E-state index >= 15 is 0 Å². The third-order valence-electron chi connectivity index (χ3n) is 2.74. The quantitative estimate of drug-likeness (QED) is 0.414. The number of pyridine rings is 1. The molecular formula is C12H20N4O4. The number of anilines is 2. The first-order valence-corrected chi connectivity index (χ1v) is 6.35. The SMILES string of the molecule is CCCNc1ccc([N+](=O)[O-])c(NC(C)(CO)CO)n1. The van der Waals surface area contributed by atoms with Crippen LogP contribution in [0.25, 0.3) is 0 Å². The molecule has 0 aliphatic rings. The fourth-order valence-electron chi connectivity index (χ4n) is 1.46. The number of aliphatic hydroxyl groups is 2. The topological polar surface area (TPSA) is 121 Å². The molecule has 112 valence electrons. The van der Waals surface area contributed by atoms with Crippen LogP contribution in [0.1, 0.15) is 20.3 Å². The van der Waals surface area contributed by atoms with E-state index in [4.69, 9.17) is 0 Å². The number of hydrogen-bond acceptors (Lipinski definition) is 7. The lowest BCUT2D eigenvalue weighted by Gasteiger charge is -2.26. The van der Waals surface area contributed by atoms with Crippen molar-refractivity contribution in [2.24, 2.45) is 0 Å². The van der Waals surface area contributed by atoms with Crippen LogP contribution < -0.4 is 10.6 Å². The Bertz CT molecular complexity index is 463. The summed E-state index contributed by atoms with van der Waals surface area (Å²) in [5, 5.41) is 35.2. The van der Waals surface area contributed by atoms with Crippen molar-refractivity contribution in [3.63, 3.8) is 0 Å². The summed E-state index contributed by atoms with van der Waals surface area (Å²) in [6.45, 7) is 3.47. The lowest BCUT2D eigenvalue weighted by atomic mass is 10.1. The molecule has 0 aliphatic carbocycles. The van der Waals surface area contributed by atoms with Crippen molar-refractivity contribution in [1.82, 2.24) is 4.98 Å². The molecule has 0 amide bonds. The standard InChI is InChI=1S/C12H20N4O4/c1-3-6-13-10-5-4-9(16(19)20)11(14-10)15-12(2,7-17)8-18/h4-5,17-18H,3,6-8H2,1-2H3,(H2,13,14,15). The second-order valence-electron chi connectivity index (χ2n) is 4.75. The van der Waals surface area contributed by atoms with E-state index in [-0.39, 0.29) is 24.7 Å². The Balaban J connectivity index is 3.08. The Labute approximate surface area is 117 Å². The maximum atomic E-state index is 11.0. The van der Waals surface area contributed by atoms with Gasteiger partial charge in [0, 0.05) is 12.6 Å². The minimum atomic E-state index is -1.08. The third kappa shape index (κ3) is 4.04. The second-order valence-corrected chi connectivity index (χ2v) is 4.75. The molecule has 0 unspecified atom stereocenters. The lowest BCUT2D eigenvalue weighted by Crippen LogP contribution is -2.43. The second kappa shape index (κ2) is 7.01. The van der Waals surface area contributed by atoms with E-state index in [2.05, 4.69) is 15.6 Å². The number of aromatic nitrogens is 1. The zero-order chi connectivity index (χ0) is 15.2. The number of aliphatic hydroxyl groups excluding tert-OH is 2. The molecule has 0 saturated heterocycles. The fraction of sp³-hybridized carbons (Fsp3) is 0.583. The summed E-state index contributed by atoms with van der Waals surface area (Å²) >= 11 is 0. The highest BCUT2D eigenvalue weighted by Gasteiger charge is 2.27. The van der Waals surface area contributed by atoms with E-state index in [1.807, 2.05) is 6.92 Å². The first kappa shape index (κ1) is 16.1. The van der Waals surface area contributed by atoms with Crippen LogP contribution in [-0.2, 0) is 0 Å². The van der Waals surface area contributed by atoms with E-state index in [1.165, 1.54) is 12.1 Å². The minimum absolute atomic E-state index is 0.0155. The van der Waals surface area contributed by atoms with Crippen molar-refractivity contribution < 1.29 is 15.1 Å². The van der Waals surface area contributed by atoms with Gasteiger partial charge in [-0.1, -0.05) is 6.92 Å². The van der Waals surface area contributed by atoms with Gasteiger partial charge < -0.3 is 20.8 Å². The summed E-state index contributed by atoms with van der Waals surface area (Å²) in [7, 11) is 0. The molecule has 0 spiro atoms. The van der Waals surface area contributed by atoms with Crippen LogP contribution in [0, 0.1) is 10.1 Å². The maximum Gasteiger partial charge on any atom is 0.311 e. The molecule has 0 radical (unpaired) electrons. The van der Waals surface area contributed by atoms with Crippen LogP contribution in [-0.4, -0.2) is 45.4 Å². The van der Waals surface area contributed by atoms with Gasteiger partial charge in [0.25, 0.3) is 0 Å². The van der Waals surface area contributed by atoms with E-state index in [9.17, 15) is 20.3 Å². The summed E-state index contributed by atoms with van der Waals surface area (Å²) in [4.78, 5) is 14.6. The third-order valence-corrected chi connectivity index (χ3v) is 2.74. The van der Waals surface area contributed by atoms with Gasteiger partial charge in [-0.25, -0.2) is 4.98 Å². The molecule has 1 aromatic heterocycles. The maximum absolute atomic E-state index is 11.0. The molecule has 0 aliphatic heterocycles. The predicted molar refractivity (Wildman–Crippen MR) is 75.9 cm³/mol. The molecule has 1 heterocycles. The molecule has 20 heavy (non-hydrogen) atoms. The monoisotopic (exact) mass is 284 g/mol. The molecule has 0 bridgehead atoms. The van der Waals surface area contributed by atoms with Crippen molar-refractivity contribution in [3.8, 4) is 0 Å². The summed E-state index contributed by atoms with van der Waals surface area (Å²) in [5.41, 5.74) is -1.29. The van der Waals surface area contributed by atoms with E-state index in [0.29, 0.717) is 12.4 Å². The average Bonchev–Trinajstić information content (AvgIpc) is 2.44. The van der Waals surface area contributed by atoms with Crippen molar-refractivity contribution in [2.75, 3.05) is 30.4 Å². The molecule has 1 rings (SSSR count). The first-order chi connectivity index (χ1) is 9.45. The van der Waals surface area contributed by atoms with Crippen LogP contribution in [0.15, 0.2) is 12.1 Å². The van der Waals surface area contributed by atoms with Gasteiger partial charge in [0.15, 0.2) is 0 Å². The molecule has 0 fully saturated rings. The summed E-state index contributed by atoms with van der Waals surface area (Å²) in [6, 6.07) is 2.86. The number of nitro groups is 1. The number of hydrogen-bond donors (Lipinski definition) is 4. The summed E-state index contributed by atoms with van der Waals surface area (Å²) in [6.07, 6.45) is 0.895. The first-order valence-electron chi connectivity index (χ1n) is 6.35. The van der Waals surface area contributed by atoms with Gasteiger partial charge in [0.2, 0.25) is 5.82 Å². The van der Waals surface area contributed by atoms with Crippen LogP contribution in [0.4, 0.5) is 17.3 Å². The van der Waals surface area contributed by atoms with Crippen molar-refractivity contribution >= 4 is 17.3 Å². The van der Waals surface area contributed by atoms with Crippen molar-refractivity contribution in [1.29, 1.82) is 0 Å². The number of rotatable bonds is 8. The van der Waals surface area contributed by atoms with Crippen molar-refractivity contribution in [2.45, 2.75) is 25.8 Å². The van der Waals surface area contributed by atoms with E-state index < -0.39 is 10.5 Å². The lowest BCUT2D eigenvalue weighted by molar-refractivity contribution is -0.384. The highest BCUT2D eigenvalue weighted by Crippen LogP contribution is 2.26. The largest absolute Gasteiger partial charge is 0.394 e. The van der Waals surface area contributed by atoms with Crippen LogP contribution in [0.5, 0.6) is 0 Å². The van der Waals surface area contributed by atoms with Gasteiger partial charge in [-0.15, -0.1) is 0 Å². The zero-order valence-corrected chi connectivity index (χ0v) is 11.6.